The first-order valence-corrected chi connectivity index (χ1v) is 15.4. The number of aliphatic hydroxyl groups is 2. The van der Waals surface area contributed by atoms with E-state index in [0.29, 0.717) is 56.4 Å². The van der Waals surface area contributed by atoms with Crippen LogP contribution in [0.5, 0.6) is 0 Å². The average molecular weight is 585 g/mol. The van der Waals surface area contributed by atoms with Gasteiger partial charge in [0.05, 0.1) is 29.6 Å². The molecule has 0 radical (unpaired) electrons. The Morgan fingerprint density at radius 1 is 1.07 bits per heavy atom. The van der Waals surface area contributed by atoms with Crippen LogP contribution in [0.2, 0.25) is 0 Å². The molecule has 6 aliphatic rings. The quantitative estimate of drug-likeness (QED) is 0.414. The molecule has 230 valence electrons. The van der Waals surface area contributed by atoms with Gasteiger partial charge in [-0.05, 0) is 44.4 Å². The summed E-state index contributed by atoms with van der Waals surface area (Å²) in [7, 11) is 5.05. The van der Waals surface area contributed by atoms with E-state index < -0.39 is 34.3 Å². The smallest absolute Gasteiger partial charge is 0.340 e. The molecule has 12 atom stereocenters. The Morgan fingerprint density at radius 2 is 1.83 bits per heavy atom. The lowest BCUT2D eigenvalue weighted by Gasteiger charge is -2.70. The maximum Gasteiger partial charge on any atom is 0.340 e. The number of carbonyl (C=O) groups excluding carboxylic acids is 2. The van der Waals surface area contributed by atoms with Gasteiger partial charge in [-0.3, -0.25) is 9.69 Å². The van der Waals surface area contributed by atoms with Crippen LogP contribution in [-0.4, -0.2) is 103 Å². The molecule has 1 heterocycles. The van der Waals surface area contributed by atoms with Gasteiger partial charge >= 0.3 is 5.97 Å². The van der Waals surface area contributed by atoms with Gasteiger partial charge in [0.25, 0.3) is 0 Å². The van der Waals surface area contributed by atoms with Crippen LogP contribution < -0.4 is 5.32 Å². The SMILES string of the molecule is CCN1C[C@]2(OC(=O)c3ccccc3NC(C)=O)CC[C@H](OC)[C@]34[C@@H]1[C@H](C[C@@H]23)[C@@]1(O)C[C@H](OC)[C@H]2C[C@@H]4[C@]1(O)[C@@H]2OC. The molecule has 7 bridgehead atoms. The first-order valence-electron chi connectivity index (χ1n) is 15.4. The summed E-state index contributed by atoms with van der Waals surface area (Å²) in [6, 6.07) is 6.89. The zero-order valence-corrected chi connectivity index (χ0v) is 25.2. The Morgan fingerprint density at radius 3 is 2.50 bits per heavy atom. The molecule has 5 saturated carbocycles. The molecule has 1 aromatic rings. The zero-order valence-electron chi connectivity index (χ0n) is 25.2. The van der Waals surface area contributed by atoms with Crippen LogP contribution in [0.1, 0.15) is 56.3 Å². The fourth-order valence-corrected chi connectivity index (χ4v) is 11.6. The molecule has 3 N–H and O–H groups in total. The van der Waals surface area contributed by atoms with Crippen LogP contribution in [0.15, 0.2) is 24.3 Å². The van der Waals surface area contributed by atoms with Gasteiger partial charge < -0.3 is 34.5 Å². The number of likely N-dealkylation sites (N-methyl/N-ethyl adjacent to an activating group) is 1. The van der Waals surface area contributed by atoms with E-state index in [4.69, 9.17) is 18.9 Å². The highest BCUT2D eigenvalue weighted by atomic mass is 16.6. The number of esters is 1. The van der Waals surface area contributed by atoms with Crippen molar-refractivity contribution in [2.45, 2.75) is 87.1 Å². The Kier molecular flexibility index (Phi) is 6.46. The average Bonchev–Trinajstić information content (AvgIpc) is 3.39. The number of hydrogen-bond donors (Lipinski definition) is 3. The van der Waals surface area contributed by atoms with E-state index in [1.165, 1.54) is 6.92 Å². The fraction of sp³-hybridized carbons (Fsp3) is 0.750. The van der Waals surface area contributed by atoms with Crippen molar-refractivity contribution in [1.82, 2.24) is 4.90 Å². The summed E-state index contributed by atoms with van der Waals surface area (Å²) < 4.78 is 25.1. The first kappa shape index (κ1) is 28.7. The summed E-state index contributed by atoms with van der Waals surface area (Å²) in [5.41, 5.74) is -3.57. The minimum atomic E-state index is -1.48. The molecule has 7 rings (SSSR count). The van der Waals surface area contributed by atoms with Crippen molar-refractivity contribution in [3.05, 3.63) is 29.8 Å². The summed E-state index contributed by atoms with van der Waals surface area (Å²) in [4.78, 5) is 28.3. The Balaban J connectivity index is 1.38. The van der Waals surface area contributed by atoms with E-state index in [1.54, 1.807) is 45.6 Å². The molecule has 5 aliphatic carbocycles. The number of carbonyl (C=O) groups is 2. The van der Waals surface area contributed by atoms with Crippen LogP contribution in [0.25, 0.3) is 0 Å². The van der Waals surface area contributed by atoms with Gasteiger partial charge in [-0.1, -0.05) is 19.1 Å². The summed E-state index contributed by atoms with van der Waals surface area (Å²) in [5.74, 6) is -1.54. The highest BCUT2D eigenvalue weighted by molar-refractivity contribution is 6.00. The van der Waals surface area contributed by atoms with E-state index in [2.05, 4.69) is 17.1 Å². The number of fused-ring (bicyclic) bond motifs is 2. The van der Waals surface area contributed by atoms with Crippen molar-refractivity contribution in [3.8, 4) is 0 Å². The highest BCUT2D eigenvalue weighted by Crippen LogP contribution is 2.79. The summed E-state index contributed by atoms with van der Waals surface area (Å²) in [6.45, 7) is 4.79. The Bertz CT molecular complexity index is 1290. The third-order valence-electron chi connectivity index (χ3n) is 12.6. The number of likely N-dealkylation sites (tertiary alicyclic amines) is 1. The van der Waals surface area contributed by atoms with Crippen LogP contribution in [-0.2, 0) is 23.7 Å². The molecule has 1 amide bonds. The van der Waals surface area contributed by atoms with Crippen LogP contribution in [0.4, 0.5) is 5.69 Å². The normalized spacial score (nSPS) is 48.2. The third kappa shape index (κ3) is 3.21. The van der Waals surface area contributed by atoms with E-state index in [9.17, 15) is 19.8 Å². The van der Waals surface area contributed by atoms with Gasteiger partial charge in [0, 0.05) is 76.3 Å². The molecule has 1 spiro atoms. The standard InChI is InChI=1S/C32H44N2O8/c1-6-34-16-29(42-28(36)18-9-7-8-10-21(18)33-17(2)35)12-11-25(40-4)31-23(29)14-20(26(31)34)30(37)15-22(39-3)19-13-24(31)32(30,38)27(19)41-5/h7-10,19-20,22-27,37-38H,6,11-16H2,1-5H3,(H,33,35)/t19-,20+,22+,23+,24+,25+,26+,27-,29-,30+,31+,32+/m1/s1. The molecule has 0 aromatic heterocycles. The maximum atomic E-state index is 14.0. The number of nitrogens with zero attached hydrogens (tertiary/aromatic N) is 1. The lowest BCUT2D eigenvalue weighted by Crippen LogP contribution is -2.83. The van der Waals surface area contributed by atoms with E-state index in [-0.39, 0.29) is 47.8 Å². The second kappa shape index (κ2) is 9.46. The van der Waals surface area contributed by atoms with Gasteiger partial charge in [0.1, 0.15) is 16.8 Å². The van der Waals surface area contributed by atoms with E-state index in [0.717, 1.165) is 0 Å². The minimum Gasteiger partial charge on any atom is -0.454 e. The topological polar surface area (TPSA) is 127 Å². The number of ether oxygens (including phenoxy) is 4. The first-order chi connectivity index (χ1) is 20.1. The predicted octanol–water partition coefficient (Wildman–Crippen LogP) is 2.22. The molecule has 42 heavy (non-hydrogen) atoms. The summed E-state index contributed by atoms with van der Waals surface area (Å²) >= 11 is 0. The van der Waals surface area contributed by atoms with Gasteiger partial charge in [-0.2, -0.15) is 0 Å². The molecular weight excluding hydrogens is 540 g/mol. The third-order valence-corrected chi connectivity index (χ3v) is 12.6. The van der Waals surface area contributed by atoms with Gasteiger partial charge in [0.15, 0.2) is 0 Å². The lowest BCUT2D eigenvalue weighted by molar-refractivity contribution is -0.337. The number of para-hydroxylation sites is 1. The molecular formula is C32H44N2O8. The van der Waals surface area contributed by atoms with Gasteiger partial charge in [0.2, 0.25) is 5.91 Å². The van der Waals surface area contributed by atoms with Crippen LogP contribution >= 0.6 is 0 Å². The Labute approximate surface area is 247 Å². The minimum absolute atomic E-state index is 0.0432. The van der Waals surface area contributed by atoms with Crippen molar-refractivity contribution in [3.63, 3.8) is 0 Å². The summed E-state index contributed by atoms with van der Waals surface area (Å²) in [6.07, 6.45) is 1.91. The molecule has 10 nitrogen and oxygen atoms in total. The van der Waals surface area contributed by atoms with Gasteiger partial charge in [-0.15, -0.1) is 0 Å². The predicted molar refractivity (Wildman–Crippen MR) is 152 cm³/mol. The van der Waals surface area contributed by atoms with Crippen molar-refractivity contribution < 1.29 is 38.7 Å². The molecule has 0 unspecified atom stereocenters. The number of anilines is 1. The lowest BCUT2D eigenvalue weighted by atomic mass is 9.44. The van der Waals surface area contributed by atoms with E-state index in [1.807, 2.05) is 0 Å². The maximum absolute atomic E-state index is 14.0. The number of nitrogens with one attached hydrogen (secondary N) is 1. The van der Waals surface area contributed by atoms with Gasteiger partial charge in [-0.25, -0.2) is 4.79 Å². The van der Waals surface area contributed by atoms with Crippen LogP contribution in [0.3, 0.4) is 0 Å². The monoisotopic (exact) mass is 584 g/mol. The molecule has 1 aliphatic heterocycles. The number of rotatable bonds is 7. The second-order valence-electron chi connectivity index (χ2n) is 13.7. The van der Waals surface area contributed by atoms with Crippen molar-refractivity contribution in [2.75, 3.05) is 39.7 Å². The molecule has 1 saturated heterocycles. The molecule has 6 fully saturated rings. The number of benzene rings is 1. The van der Waals surface area contributed by atoms with Crippen LogP contribution in [0, 0.1) is 29.1 Å². The second-order valence-corrected chi connectivity index (χ2v) is 13.7. The summed E-state index contributed by atoms with van der Waals surface area (Å²) in [5, 5.41) is 28.4. The van der Waals surface area contributed by atoms with Crippen molar-refractivity contribution in [1.29, 1.82) is 0 Å². The van der Waals surface area contributed by atoms with E-state index >= 15 is 0 Å². The number of amides is 1. The zero-order chi connectivity index (χ0) is 29.8. The number of piperidine rings is 1. The Hall–Kier alpha value is -2.08. The largest absolute Gasteiger partial charge is 0.454 e. The highest BCUT2D eigenvalue weighted by Gasteiger charge is 2.89. The molecule has 10 heteroatoms. The number of methoxy groups -OCH3 is 3. The van der Waals surface area contributed by atoms with Crippen molar-refractivity contribution in [2.24, 2.45) is 29.1 Å². The fourth-order valence-electron chi connectivity index (χ4n) is 11.6. The molecule has 1 aromatic carbocycles. The van der Waals surface area contributed by atoms with Crippen molar-refractivity contribution >= 4 is 17.6 Å². The number of hydrogen-bond acceptors (Lipinski definition) is 9.